The molecule has 1 aromatic carbocycles. The molecule has 1 atom stereocenters. The van der Waals surface area contributed by atoms with Gasteiger partial charge in [0.1, 0.15) is 5.82 Å². The van der Waals surface area contributed by atoms with Crippen molar-refractivity contribution >= 4 is 27.5 Å². The zero-order chi connectivity index (χ0) is 13.8. The SMILES string of the molecule is CNC(Cc1ccc(Br)cc1Cl)c1ncccc1F. The fourth-order valence-corrected chi connectivity index (χ4v) is 2.65. The van der Waals surface area contributed by atoms with Crippen LogP contribution in [0.15, 0.2) is 41.0 Å². The Hall–Kier alpha value is -0.970. The summed E-state index contributed by atoms with van der Waals surface area (Å²) in [5, 5.41) is 3.73. The first-order chi connectivity index (χ1) is 9.11. The Bertz CT molecular complexity index is 577. The van der Waals surface area contributed by atoms with Gasteiger partial charge in [0.2, 0.25) is 0 Å². The third kappa shape index (κ3) is 3.53. The van der Waals surface area contributed by atoms with E-state index in [1.807, 2.05) is 18.2 Å². The molecule has 0 aliphatic heterocycles. The Morgan fingerprint density at radius 1 is 1.42 bits per heavy atom. The monoisotopic (exact) mass is 342 g/mol. The molecule has 2 nitrogen and oxygen atoms in total. The number of pyridine rings is 1. The lowest BCUT2D eigenvalue weighted by atomic mass is 10.0. The summed E-state index contributed by atoms with van der Waals surface area (Å²) in [4.78, 5) is 4.10. The molecule has 0 fully saturated rings. The number of rotatable bonds is 4. The van der Waals surface area contributed by atoms with Gasteiger partial charge in [-0.25, -0.2) is 4.39 Å². The molecule has 1 N–H and O–H groups in total. The van der Waals surface area contributed by atoms with Crippen molar-refractivity contribution in [2.45, 2.75) is 12.5 Å². The second kappa shape index (κ2) is 6.46. The normalized spacial score (nSPS) is 12.4. The molecule has 1 aromatic heterocycles. The minimum absolute atomic E-state index is 0.208. The highest BCUT2D eigenvalue weighted by Gasteiger charge is 2.17. The van der Waals surface area contributed by atoms with Gasteiger partial charge < -0.3 is 5.32 Å². The van der Waals surface area contributed by atoms with Crippen molar-refractivity contribution in [1.29, 1.82) is 0 Å². The van der Waals surface area contributed by atoms with E-state index in [1.165, 1.54) is 6.07 Å². The molecule has 2 rings (SSSR count). The van der Waals surface area contributed by atoms with Gasteiger partial charge in [0.05, 0.1) is 11.7 Å². The van der Waals surface area contributed by atoms with E-state index in [2.05, 4.69) is 26.2 Å². The van der Waals surface area contributed by atoms with Crippen LogP contribution >= 0.6 is 27.5 Å². The van der Waals surface area contributed by atoms with E-state index in [0.717, 1.165) is 10.0 Å². The molecular weight excluding hydrogens is 331 g/mol. The highest BCUT2D eigenvalue weighted by Crippen LogP contribution is 2.26. The van der Waals surface area contributed by atoms with Gasteiger partial charge >= 0.3 is 0 Å². The van der Waals surface area contributed by atoms with Gasteiger partial charge in [-0.05, 0) is 43.3 Å². The summed E-state index contributed by atoms with van der Waals surface area (Å²) in [6, 6.07) is 8.46. The average molecular weight is 344 g/mol. The van der Waals surface area contributed by atoms with E-state index in [0.29, 0.717) is 17.1 Å². The number of hydrogen-bond acceptors (Lipinski definition) is 2. The highest BCUT2D eigenvalue weighted by molar-refractivity contribution is 9.10. The van der Waals surface area contributed by atoms with Crippen molar-refractivity contribution in [2.75, 3.05) is 7.05 Å². The van der Waals surface area contributed by atoms with Crippen LogP contribution in [0.25, 0.3) is 0 Å². The van der Waals surface area contributed by atoms with Crippen LogP contribution in [0.3, 0.4) is 0 Å². The van der Waals surface area contributed by atoms with Crippen LogP contribution in [0.2, 0.25) is 5.02 Å². The van der Waals surface area contributed by atoms with Crippen molar-refractivity contribution < 1.29 is 4.39 Å². The molecule has 1 unspecified atom stereocenters. The number of nitrogens with one attached hydrogen (secondary N) is 1. The Labute approximate surface area is 125 Å². The summed E-state index contributed by atoms with van der Waals surface area (Å²) in [6.45, 7) is 0. The molecule has 0 amide bonds. The molecule has 0 aliphatic rings. The predicted octanol–water partition coefficient (Wildman–Crippen LogP) is 4.14. The molecular formula is C14H13BrClFN2. The molecule has 1 heterocycles. The molecule has 2 aromatic rings. The first-order valence-corrected chi connectivity index (χ1v) is 7.00. The van der Waals surface area contributed by atoms with E-state index in [9.17, 15) is 4.39 Å². The van der Waals surface area contributed by atoms with Crippen molar-refractivity contribution in [3.63, 3.8) is 0 Å². The molecule has 0 spiro atoms. The largest absolute Gasteiger partial charge is 0.311 e. The molecule has 0 saturated heterocycles. The van der Waals surface area contributed by atoms with Crippen LogP contribution in [0.4, 0.5) is 4.39 Å². The molecule has 0 saturated carbocycles. The predicted molar refractivity (Wildman–Crippen MR) is 78.9 cm³/mol. The summed E-state index contributed by atoms with van der Waals surface area (Å²) < 4.78 is 14.7. The topological polar surface area (TPSA) is 24.9 Å². The lowest BCUT2D eigenvalue weighted by Gasteiger charge is -2.17. The van der Waals surface area contributed by atoms with E-state index in [1.54, 1.807) is 19.3 Å². The van der Waals surface area contributed by atoms with Crippen LogP contribution in [0, 0.1) is 5.82 Å². The average Bonchev–Trinajstić information content (AvgIpc) is 2.39. The van der Waals surface area contributed by atoms with Crippen molar-refractivity contribution in [1.82, 2.24) is 10.3 Å². The first-order valence-electron chi connectivity index (χ1n) is 5.83. The van der Waals surface area contributed by atoms with Crippen molar-refractivity contribution in [2.24, 2.45) is 0 Å². The maximum absolute atomic E-state index is 13.8. The molecule has 0 bridgehead atoms. The Balaban J connectivity index is 2.27. The van der Waals surface area contributed by atoms with Gasteiger partial charge in [-0.1, -0.05) is 33.6 Å². The number of halogens is 3. The number of hydrogen-bond donors (Lipinski definition) is 1. The summed E-state index contributed by atoms with van der Waals surface area (Å²) in [5.74, 6) is -0.310. The minimum atomic E-state index is -0.310. The maximum atomic E-state index is 13.8. The second-order valence-corrected chi connectivity index (χ2v) is 5.47. The maximum Gasteiger partial charge on any atom is 0.146 e. The molecule has 5 heteroatoms. The van der Waals surface area contributed by atoms with E-state index >= 15 is 0 Å². The van der Waals surface area contributed by atoms with E-state index in [-0.39, 0.29) is 11.9 Å². The Kier molecular flexibility index (Phi) is 4.91. The summed E-state index contributed by atoms with van der Waals surface area (Å²) in [7, 11) is 1.78. The van der Waals surface area contributed by atoms with Gasteiger partial charge in [-0.3, -0.25) is 4.98 Å². The van der Waals surface area contributed by atoms with Crippen LogP contribution in [0.5, 0.6) is 0 Å². The van der Waals surface area contributed by atoms with Crippen LogP contribution in [0.1, 0.15) is 17.3 Å². The molecule has 100 valence electrons. The number of nitrogens with zero attached hydrogens (tertiary/aromatic N) is 1. The highest BCUT2D eigenvalue weighted by atomic mass is 79.9. The van der Waals surface area contributed by atoms with Gasteiger partial charge in [-0.2, -0.15) is 0 Å². The van der Waals surface area contributed by atoms with Crippen molar-refractivity contribution in [3.8, 4) is 0 Å². The zero-order valence-electron chi connectivity index (χ0n) is 10.3. The quantitative estimate of drug-likeness (QED) is 0.902. The summed E-state index contributed by atoms with van der Waals surface area (Å²) in [5.41, 5.74) is 1.36. The van der Waals surface area contributed by atoms with E-state index < -0.39 is 0 Å². The van der Waals surface area contributed by atoms with Crippen molar-refractivity contribution in [3.05, 3.63) is 63.1 Å². The Morgan fingerprint density at radius 3 is 2.84 bits per heavy atom. The zero-order valence-corrected chi connectivity index (χ0v) is 12.7. The third-order valence-corrected chi connectivity index (χ3v) is 3.75. The fourth-order valence-electron chi connectivity index (χ4n) is 1.90. The first kappa shape index (κ1) is 14.4. The number of likely N-dealkylation sites (N-methyl/N-ethyl adjacent to an activating group) is 1. The molecule has 19 heavy (non-hydrogen) atoms. The van der Waals surface area contributed by atoms with Crippen LogP contribution in [-0.2, 0) is 6.42 Å². The molecule has 0 radical (unpaired) electrons. The number of benzene rings is 1. The molecule has 0 aliphatic carbocycles. The lowest BCUT2D eigenvalue weighted by molar-refractivity contribution is 0.517. The third-order valence-electron chi connectivity index (χ3n) is 2.90. The van der Waals surface area contributed by atoms with Crippen LogP contribution in [-0.4, -0.2) is 12.0 Å². The number of aromatic nitrogens is 1. The van der Waals surface area contributed by atoms with Gasteiger partial charge in [0, 0.05) is 15.7 Å². The summed E-state index contributed by atoms with van der Waals surface area (Å²) >= 11 is 9.55. The smallest absolute Gasteiger partial charge is 0.146 e. The van der Waals surface area contributed by atoms with Gasteiger partial charge in [0.15, 0.2) is 0 Å². The van der Waals surface area contributed by atoms with E-state index in [4.69, 9.17) is 11.6 Å². The fraction of sp³-hybridized carbons (Fsp3) is 0.214. The van der Waals surface area contributed by atoms with Gasteiger partial charge in [-0.15, -0.1) is 0 Å². The second-order valence-electron chi connectivity index (χ2n) is 4.15. The standard InChI is InChI=1S/C14H13BrClFN2/c1-18-13(14-12(17)3-2-6-19-14)7-9-4-5-10(15)8-11(9)16/h2-6,8,13,18H,7H2,1H3. The minimum Gasteiger partial charge on any atom is -0.311 e. The van der Waals surface area contributed by atoms with Crippen LogP contribution < -0.4 is 5.32 Å². The Morgan fingerprint density at radius 2 is 2.21 bits per heavy atom. The van der Waals surface area contributed by atoms with Gasteiger partial charge in [0.25, 0.3) is 0 Å². The lowest BCUT2D eigenvalue weighted by Crippen LogP contribution is -2.21. The summed E-state index contributed by atoms with van der Waals surface area (Å²) in [6.07, 6.45) is 2.17.